The molecular weight excluding hydrogens is 1850 g/mol. The van der Waals surface area contributed by atoms with Crippen LogP contribution in [0.3, 0.4) is 0 Å². The molecule has 8 aromatic carbocycles. The zero-order chi connectivity index (χ0) is 96.4. The Morgan fingerprint density at radius 3 is 0.737 bits per heavy atom. The lowest BCUT2D eigenvalue weighted by Gasteiger charge is -2.50. The number of ether oxygens (including phenoxy) is 20. The van der Waals surface area contributed by atoms with Gasteiger partial charge in [-0.3, -0.25) is 9.59 Å². The smallest absolute Gasteiger partial charge is 0.230 e. The number of hydrogen-bond donors (Lipinski definition) is 21. The molecule has 2 amide bonds. The number of nitrogens with one attached hydrogen (secondary N) is 2. The lowest BCUT2D eigenvalue weighted by Crippen LogP contribution is -2.68. The molecule has 14 bridgehead atoms. The Bertz CT molecular complexity index is 4910. The topological polar surface area (TPSA) is 627 Å². The molecule has 0 saturated carbocycles. The van der Waals surface area contributed by atoms with Crippen LogP contribution in [0.1, 0.15) is 11.1 Å². The molecule has 21 aliphatic heterocycles. The largest absolute Gasteiger partial charge is 0.394 e. The quantitative estimate of drug-likeness (QED) is 0.0130. The molecule has 0 aromatic heterocycles. The highest BCUT2D eigenvalue weighted by atomic mass is 32.2. The van der Waals surface area contributed by atoms with E-state index in [0.717, 1.165) is 77.7 Å². The number of carbonyl (C=O) groups excluding carboxylic acids is 2. The first-order chi connectivity index (χ1) is 66.4. The molecule has 0 spiro atoms. The number of benzene rings is 8. The van der Waals surface area contributed by atoms with E-state index in [-0.39, 0.29) is 89.0 Å². The molecule has 137 heavy (non-hydrogen) atoms. The first kappa shape index (κ1) is 104. The standard InChI is InChI=1S/C92H120N2O41S2/c95-31-52-79-65(102)72(109)86(122-52)130-80-53(32-96)124-88(74(111)67(80)104)132-82-55(34-98)126-90(76(113)69(82)106)134-84-57(38-136-40-59(100)93-19-21-116-23-25-118-27-29-120-36-48-13-11-46-9-7-42-3-1-5-44-15-17-50(48)63(46)61(42)44)128-92(78(115)71(84)108)135-85-58(127-91(77(114)70(85)107)133-83-56(35-99)125-89(75(112)68(83)105)131-81-54(33-97)123-87(129-79)73(110)66(81)103)39-137-41-60(101)94-20-22-117-24-26-119-28-30-121-37-49-14-12-47-10-8-43-4-2-6-45-16-18-51(49)64(47)62(43)45/h1-18,52-58,65-92,95-99,102-115H,19-41H2,(H,93,100)(H,94,101)/t52-,53-,54-,55-,56-,57-,58-,65-,66-,67-,68-,69-,70-,71-,72-,73-,74-,75-,76-,77-,78-,79-,80-,81-,82-,83-,84-,85-,86-,87-,88-,89-,90-,91-,92-/m1/s1. The van der Waals surface area contributed by atoms with Crippen molar-refractivity contribution >= 4 is 100.0 Å². The maximum absolute atomic E-state index is 13.6. The second-order valence-electron chi connectivity index (χ2n) is 34.7. The maximum Gasteiger partial charge on any atom is 0.230 e. The fraction of sp³-hybridized carbons (Fsp3) is 0.630. The molecule has 8 aromatic rings. The minimum atomic E-state index is -2.28. The third-order valence-electron chi connectivity index (χ3n) is 25.8. The summed E-state index contributed by atoms with van der Waals surface area (Å²) in [6.07, 6.45) is -71.7. The van der Waals surface area contributed by atoms with Gasteiger partial charge in [0.05, 0.1) is 136 Å². The molecule has 21 heterocycles. The second-order valence-corrected chi connectivity index (χ2v) is 36.8. The number of aliphatic hydroxyl groups is 19. The van der Waals surface area contributed by atoms with Crippen LogP contribution in [0, 0.1) is 0 Å². The number of amides is 2. The number of hydrogen-bond acceptors (Lipinski definition) is 43. The summed E-state index contributed by atoms with van der Waals surface area (Å²) in [4.78, 5) is 27.1. The molecule has 29 rings (SSSR count). The fourth-order valence-electron chi connectivity index (χ4n) is 18.6. The van der Waals surface area contributed by atoms with Gasteiger partial charge in [-0.1, -0.05) is 109 Å². The van der Waals surface area contributed by atoms with Crippen LogP contribution in [0.2, 0.25) is 0 Å². The van der Waals surface area contributed by atoms with E-state index in [1.54, 1.807) is 0 Å². The Kier molecular flexibility index (Phi) is 36.4. The van der Waals surface area contributed by atoms with E-state index in [4.69, 9.17) is 94.7 Å². The van der Waals surface area contributed by atoms with Crippen LogP contribution in [0.25, 0.3) is 64.6 Å². The Balaban J connectivity index is 0.581. The average molecular weight is 1970 g/mol. The van der Waals surface area contributed by atoms with Crippen LogP contribution >= 0.6 is 23.5 Å². The highest BCUT2D eigenvalue weighted by Crippen LogP contribution is 2.43. The van der Waals surface area contributed by atoms with Gasteiger partial charge in [-0.25, -0.2) is 0 Å². The van der Waals surface area contributed by atoms with Crippen molar-refractivity contribution in [3.05, 3.63) is 120 Å². The van der Waals surface area contributed by atoms with Crippen molar-refractivity contribution in [1.82, 2.24) is 10.6 Å². The molecule has 35 atom stereocenters. The second kappa shape index (κ2) is 48.1. The lowest BCUT2D eigenvalue weighted by atomic mass is 9.92. The van der Waals surface area contributed by atoms with Crippen molar-refractivity contribution in [2.45, 2.75) is 228 Å². The molecule has 0 aliphatic carbocycles. The Morgan fingerprint density at radius 1 is 0.255 bits per heavy atom. The molecule has 43 nitrogen and oxygen atoms in total. The average Bonchev–Trinajstić information content (AvgIpc) is 0.748. The summed E-state index contributed by atoms with van der Waals surface area (Å²) >= 11 is 1.77. The molecule has 21 fully saturated rings. The Hall–Kier alpha value is -6.08. The fourth-order valence-corrected chi connectivity index (χ4v) is 20.5. The molecule has 21 N–H and O–H groups in total. The lowest BCUT2D eigenvalue weighted by molar-refractivity contribution is -0.396. The van der Waals surface area contributed by atoms with Gasteiger partial charge in [-0.2, -0.15) is 0 Å². The summed E-state index contributed by atoms with van der Waals surface area (Å²) in [5.74, 6) is -2.47. The third-order valence-corrected chi connectivity index (χ3v) is 27.9. The van der Waals surface area contributed by atoms with E-state index in [9.17, 15) is 107 Å². The van der Waals surface area contributed by atoms with E-state index in [2.05, 4.69) is 108 Å². The molecule has 21 aliphatic rings. The maximum atomic E-state index is 13.6. The van der Waals surface area contributed by atoms with Crippen molar-refractivity contribution in [3.8, 4) is 0 Å². The number of rotatable bonds is 35. The van der Waals surface area contributed by atoms with Gasteiger partial charge in [0.1, 0.15) is 159 Å². The number of aliphatic hydroxyl groups excluding tert-OH is 19. The summed E-state index contributed by atoms with van der Waals surface area (Å²) in [5.41, 5.74) is 2.09. The summed E-state index contributed by atoms with van der Waals surface area (Å²) in [6.45, 7) is -2.56. The first-order valence-corrected chi connectivity index (χ1v) is 47.9. The van der Waals surface area contributed by atoms with Crippen LogP contribution in [0.4, 0.5) is 0 Å². The van der Waals surface area contributed by atoms with Crippen LogP contribution in [-0.4, -0.2) is 459 Å². The molecule has 0 radical (unpaired) electrons. The number of thioether (sulfide) groups is 2. The van der Waals surface area contributed by atoms with E-state index in [1.807, 2.05) is 12.1 Å². The minimum Gasteiger partial charge on any atom is -0.394 e. The van der Waals surface area contributed by atoms with Gasteiger partial charge in [-0.05, 0) is 75.8 Å². The van der Waals surface area contributed by atoms with Crippen molar-refractivity contribution in [2.75, 3.05) is 135 Å². The summed E-state index contributed by atoms with van der Waals surface area (Å²) in [5, 5.41) is 239. The summed E-state index contributed by atoms with van der Waals surface area (Å²) in [6, 6.07) is 37.8. The molecule has 45 heteroatoms. The van der Waals surface area contributed by atoms with E-state index >= 15 is 0 Å². The summed E-state index contributed by atoms with van der Waals surface area (Å²) in [7, 11) is 0. The molecular formula is C92H120N2O41S2. The predicted octanol–water partition coefficient (Wildman–Crippen LogP) is -5.22. The van der Waals surface area contributed by atoms with Crippen molar-refractivity contribution < 1.29 is 201 Å². The van der Waals surface area contributed by atoms with Crippen LogP contribution in [0.5, 0.6) is 0 Å². The molecule has 0 unspecified atom stereocenters. The van der Waals surface area contributed by atoms with Gasteiger partial charge in [0, 0.05) is 24.6 Å². The third kappa shape index (κ3) is 23.3. The van der Waals surface area contributed by atoms with Gasteiger partial charge in [-0.15, -0.1) is 23.5 Å². The predicted molar refractivity (Wildman–Crippen MR) is 478 cm³/mol. The Labute approximate surface area is 791 Å². The van der Waals surface area contributed by atoms with Crippen LogP contribution < -0.4 is 10.6 Å². The van der Waals surface area contributed by atoms with Gasteiger partial charge < -0.3 is 202 Å². The zero-order valence-electron chi connectivity index (χ0n) is 74.2. The van der Waals surface area contributed by atoms with Crippen LogP contribution in [0.15, 0.2) is 109 Å². The molecule has 21 saturated heterocycles. The normalized spacial score (nSPS) is 36.5. The zero-order valence-corrected chi connectivity index (χ0v) is 75.8. The SMILES string of the molecule is O=C(CSC[C@H]1O[C@@H]2O[C@H]3[C@H](O)[C@@H](O)[C@@H](O[C@H]4[C@H](O)[C@@H](O)[C@@H](O[C@H]5[C@H](O)[C@@H](O)[C@@H](O[C@H]6[C@H](O)[C@@H](O)[C@@H](O[C@H]7[C@H](O)[C@@H](O)[C@@H](O[C@H]8[C@H](O)[C@@H](O)[C@@H](O[C@H]1[C@H](O)[C@H]2O)O[C@@H]8CO)O[C@@H]7CO)O[C@@H]6CO)O[C@@H]5CO)O[C@@H]4CO)O[C@@H]3CSCC(=O)NCCOCCOCCOCc1ccc2ccc3cccc4ccc1c2c34)NCCOCCOCCOCc1ccc2ccc3cccc4ccc1c2c34. The van der Waals surface area contributed by atoms with Crippen molar-refractivity contribution in [1.29, 1.82) is 0 Å². The van der Waals surface area contributed by atoms with Gasteiger partial charge >= 0.3 is 0 Å². The van der Waals surface area contributed by atoms with Gasteiger partial charge in [0.25, 0.3) is 0 Å². The van der Waals surface area contributed by atoms with E-state index in [1.165, 1.54) is 21.5 Å². The van der Waals surface area contributed by atoms with E-state index in [0.29, 0.717) is 26.4 Å². The highest BCUT2D eigenvalue weighted by molar-refractivity contribution is 8.00. The number of carbonyl (C=O) groups is 2. The van der Waals surface area contributed by atoms with Gasteiger partial charge in [0.15, 0.2) is 44.0 Å². The van der Waals surface area contributed by atoms with Gasteiger partial charge in [0.2, 0.25) is 11.8 Å². The summed E-state index contributed by atoms with van der Waals surface area (Å²) < 4.78 is 119. The first-order valence-electron chi connectivity index (χ1n) is 45.6. The van der Waals surface area contributed by atoms with E-state index < -0.39 is 260 Å². The molecule has 756 valence electrons. The van der Waals surface area contributed by atoms with Crippen molar-refractivity contribution in [3.63, 3.8) is 0 Å². The van der Waals surface area contributed by atoms with Crippen molar-refractivity contribution in [2.24, 2.45) is 0 Å². The highest BCUT2D eigenvalue weighted by Gasteiger charge is 2.60. The van der Waals surface area contributed by atoms with Crippen LogP contribution in [-0.2, 0) is 118 Å². The monoisotopic (exact) mass is 1970 g/mol. The minimum absolute atomic E-state index is 0.0313. The Morgan fingerprint density at radius 2 is 0.474 bits per heavy atom.